The minimum absolute atomic E-state index is 0.0374. The lowest BCUT2D eigenvalue weighted by Gasteiger charge is -2.16. The Labute approximate surface area is 84.7 Å². The van der Waals surface area contributed by atoms with Crippen LogP contribution in [-0.4, -0.2) is 5.78 Å². The molecule has 0 saturated heterocycles. The van der Waals surface area contributed by atoms with Gasteiger partial charge in [-0.2, -0.15) is 0 Å². The molecular weight excluding hydrogens is 210 g/mol. The SMILES string of the molecule is O=C1CCCc2c(F)cc(F)c(Cl)c21. The lowest BCUT2D eigenvalue weighted by atomic mass is 9.90. The summed E-state index contributed by atoms with van der Waals surface area (Å²) >= 11 is 5.62. The van der Waals surface area contributed by atoms with E-state index >= 15 is 0 Å². The highest BCUT2D eigenvalue weighted by molar-refractivity contribution is 6.34. The summed E-state index contributed by atoms with van der Waals surface area (Å²) in [6.45, 7) is 0. The Bertz CT molecular complexity index is 415. The lowest BCUT2D eigenvalue weighted by Crippen LogP contribution is -2.14. The van der Waals surface area contributed by atoms with Crippen LogP contribution in [0.2, 0.25) is 5.02 Å². The van der Waals surface area contributed by atoms with E-state index in [-0.39, 0.29) is 21.9 Å². The van der Waals surface area contributed by atoms with Gasteiger partial charge in [-0.15, -0.1) is 0 Å². The molecule has 1 aromatic rings. The highest BCUT2D eigenvalue weighted by Crippen LogP contribution is 2.31. The fourth-order valence-corrected chi connectivity index (χ4v) is 1.99. The van der Waals surface area contributed by atoms with Gasteiger partial charge in [-0.3, -0.25) is 4.79 Å². The number of ketones is 1. The fourth-order valence-electron chi connectivity index (χ4n) is 1.72. The van der Waals surface area contributed by atoms with Crippen LogP contribution >= 0.6 is 11.6 Å². The number of benzene rings is 1. The molecule has 4 heteroatoms. The Morgan fingerprint density at radius 2 is 1.93 bits per heavy atom. The zero-order chi connectivity index (χ0) is 10.3. The van der Waals surface area contributed by atoms with E-state index in [9.17, 15) is 13.6 Å². The summed E-state index contributed by atoms with van der Waals surface area (Å²) in [4.78, 5) is 11.4. The third kappa shape index (κ3) is 1.32. The predicted octanol–water partition coefficient (Wildman–Crippen LogP) is 3.14. The number of carbonyl (C=O) groups is 1. The number of fused-ring (bicyclic) bond motifs is 1. The van der Waals surface area contributed by atoms with Crippen LogP contribution in [-0.2, 0) is 6.42 Å². The molecule has 0 atom stereocenters. The maximum absolute atomic E-state index is 13.2. The van der Waals surface area contributed by atoms with Gasteiger partial charge >= 0.3 is 0 Å². The van der Waals surface area contributed by atoms with Crippen molar-refractivity contribution in [3.8, 4) is 0 Å². The fraction of sp³-hybridized carbons (Fsp3) is 0.300. The minimum Gasteiger partial charge on any atom is -0.294 e. The molecule has 0 radical (unpaired) electrons. The van der Waals surface area contributed by atoms with Crippen LogP contribution < -0.4 is 0 Å². The molecule has 14 heavy (non-hydrogen) atoms. The van der Waals surface area contributed by atoms with Crippen molar-refractivity contribution in [3.63, 3.8) is 0 Å². The Balaban J connectivity index is 2.73. The van der Waals surface area contributed by atoms with E-state index in [1.54, 1.807) is 0 Å². The van der Waals surface area contributed by atoms with Crippen LogP contribution in [0, 0.1) is 11.6 Å². The molecule has 1 nitrogen and oxygen atoms in total. The van der Waals surface area contributed by atoms with Crippen molar-refractivity contribution in [2.45, 2.75) is 19.3 Å². The van der Waals surface area contributed by atoms with E-state index in [0.717, 1.165) is 6.07 Å². The van der Waals surface area contributed by atoms with E-state index in [0.29, 0.717) is 19.3 Å². The largest absolute Gasteiger partial charge is 0.294 e. The van der Waals surface area contributed by atoms with Gasteiger partial charge in [0.05, 0.1) is 5.02 Å². The molecule has 0 amide bonds. The quantitative estimate of drug-likeness (QED) is 0.609. The van der Waals surface area contributed by atoms with Gasteiger partial charge in [0.25, 0.3) is 0 Å². The molecule has 0 saturated carbocycles. The first-order valence-corrected chi connectivity index (χ1v) is 4.68. The zero-order valence-corrected chi connectivity index (χ0v) is 8.00. The molecule has 2 rings (SSSR count). The summed E-state index contributed by atoms with van der Waals surface area (Å²) in [7, 11) is 0. The molecule has 1 aliphatic carbocycles. The van der Waals surface area contributed by atoms with E-state index in [1.807, 2.05) is 0 Å². The molecule has 0 aromatic heterocycles. The normalized spacial score (nSPS) is 15.5. The van der Waals surface area contributed by atoms with Gasteiger partial charge in [0, 0.05) is 23.6 Å². The molecule has 1 aliphatic rings. The van der Waals surface area contributed by atoms with Crippen LogP contribution in [0.15, 0.2) is 6.07 Å². The van der Waals surface area contributed by atoms with Crippen molar-refractivity contribution in [2.75, 3.05) is 0 Å². The highest BCUT2D eigenvalue weighted by Gasteiger charge is 2.25. The van der Waals surface area contributed by atoms with Crippen molar-refractivity contribution < 1.29 is 13.6 Å². The highest BCUT2D eigenvalue weighted by atomic mass is 35.5. The number of rotatable bonds is 0. The van der Waals surface area contributed by atoms with Gasteiger partial charge in [-0.25, -0.2) is 8.78 Å². The van der Waals surface area contributed by atoms with Crippen LogP contribution in [0.1, 0.15) is 28.8 Å². The van der Waals surface area contributed by atoms with Gasteiger partial charge in [0.15, 0.2) is 5.78 Å². The van der Waals surface area contributed by atoms with Gasteiger partial charge in [0.1, 0.15) is 11.6 Å². The molecule has 0 bridgehead atoms. The minimum atomic E-state index is -0.863. The van der Waals surface area contributed by atoms with Gasteiger partial charge in [-0.1, -0.05) is 11.6 Å². The van der Waals surface area contributed by atoms with Crippen LogP contribution in [0.5, 0.6) is 0 Å². The monoisotopic (exact) mass is 216 g/mol. The third-order valence-electron chi connectivity index (χ3n) is 2.38. The third-order valence-corrected chi connectivity index (χ3v) is 2.75. The van der Waals surface area contributed by atoms with E-state index in [1.165, 1.54) is 0 Å². The van der Waals surface area contributed by atoms with Crippen LogP contribution in [0.3, 0.4) is 0 Å². The van der Waals surface area contributed by atoms with Gasteiger partial charge in [0.2, 0.25) is 0 Å². The molecule has 1 aromatic carbocycles. The van der Waals surface area contributed by atoms with Crippen molar-refractivity contribution in [1.82, 2.24) is 0 Å². The molecule has 0 aliphatic heterocycles. The summed E-state index contributed by atoms with van der Waals surface area (Å²) < 4.78 is 26.3. The first-order valence-electron chi connectivity index (χ1n) is 4.31. The van der Waals surface area contributed by atoms with Gasteiger partial charge < -0.3 is 0 Å². The average Bonchev–Trinajstić information content (AvgIpc) is 2.14. The number of hydrogen-bond acceptors (Lipinski definition) is 1. The van der Waals surface area contributed by atoms with Crippen molar-refractivity contribution in [1.29, 1.82) is 0 Å². The molecule has 74 valence electrons. The number of carbonyl (C=O) groups excluding carboxylic acids is 1. The summed E-state index contributed by atoms with van der Waals surface area (Å²) in [5.41, 5.74) is 0.295. The lowest BCUT2D eigenvalue weighted by molar-refractivity contribution is 0.0971. The van der Waals surface area contributed by atoms with Crippen LogP contribution in [0.4, 0.5) is 8.78 Å². The summed E-state index contributed by atoms with van der Waals surface area (Å²) in [6, 6.07) is 0.736. The van der Waals surface area contributed by atoms with Gasteiger partial charge in [-0.05, 0) is 12.8 Å². The molecule has 0 spiro atoms. The first-order chi connectivity index (χ1) is 6.61. The average molecular weight is 217 g/mol. The van der Waals surface area contributed by atoms with E-state index in [2.05, 4.69) is 0 Å². The van der Waals surface area contributed by atoms with E-state index in [4.69, 9.17) is 11.6 Å². The summed E-state index contributed by atoms with van der Waals surface area (Å²) in [5.74, 6) is -1.80. The first kappa shape index (κ1) is 9.59. The summed E-state index contributed by atoms with van der Waals surface area (Å²) in [6.07, 6.45) is 1.37. The van der Waals surface area contributed by atoms with E-state index < -0.39 is 11.6 Å². The number of halogens is 3. The Morgan fingerprint density at radius 3 is 2.64 bits per heavy atom. The maximum Gasteiger partial charge on any atom is 0.164 e. The maximum atomic E-state index is 13.2. The standard InChI is InChI=1S/C10H7ClF2O/c11-10-7(13)4-6(12)5-2-1-3-8(14)9(5)10/h4H,1-3H2. The predicted molar refractivity (Wildman–Crippen MR) is 48.6 cm³/mol. The Morgan fingerprint density at radius 1 is 1.21 bits per heavy atom. The Kier molecular flexibility index (Phi) is 2.27. The summed E-state index contributed by atoms with van der Waals surface area (Å²) in [5, 5.41) is -0.244. The zero-order valence-electron chi connectivity index (χ0n) is 7.24. The van der Waals surface area contributed by atoms with Crippen molar-refractivity contribution >= 4 is 17.4 Å². The van der Waals surface area contributed by atoms with Crippen molar-refractivity contribution in [2.24, 2.45) is 0 Å². The second-order valence-electron chi connectivity index (χ2n) is 3.28. The molecule has 0 N–H and O–H groups in total. The number of hydrogen-bond donors (Lipinski definition) is 0. The number of Topliss-reactive ketones (excluding diaryl/α,β-unsaturated/α-hetero) is 1. The smallest absolute Gasteiger partial charge is 0.164 e. The molecular formula is C10H7ClF2O. The second-order valence-corrected chi connectivity index (χ2v) is 3.66. The Hall–Kier alpha value is -0.960. The molecule has 0 unspecified atom stereocenters. The second kappa shape index (κ2) is 3.31. The topological polar surface area (TPSA) is 17.1 Å². The van der Waals surface area contributed by atoms with Crippen molar-refractivity contribution in [3.05, 3.63) is 33.9 Å². The van der Waals surface area contributed by atoms with Crippen LogP contribution in [0.25, 0.3) is 0 Å². The molecule has 0 fully saturated rings. The molecule has 0 heterocycles.